The van der Waals surface area contributed by atoms with Crippen molar-refractivity contribution in [3.8, 4) is 5.88 Å². The minimum Gasteiger partial charge on any atom is -1.00 e. The molecule has 1 rings (SSSR count). The molecule has 1 heterocycles. The molecule has 0 spiro atoms. The van der Waals surface area contributed by atoms with Gasteiger partial charge in [-0.1, -0.05) is 6.20 Å². The second-order valence-electron chi connectivity index (χ2n) is 1.47. The predicted molar refractivity (Wildman–Crippen MR) is 35.5 cm³/mol. The van der Waals surface area contributed by atoms with E-state index in [9.17, 15) is 8.78 Å². The molecule has 2 nitrogen and oxygen atoms in total. The number of hydrogen-bond donors (Lipinski definition) is 0. The maximum atomic E-state index is 11.4. The first kappa shape index (κ1) is 14.4. The van der Waals surface area contributed by atoms with Crippen molar-refractivity contribution in [2.75, 3.05) is 0 Å². The Balaban J connectivity index is 0. The van der Waals surface area contributed by atoms with Crippen molar-refractivity contribution in [1.82, 2.24) is 4.98 Å². The zero-order valence-corrected chi connectivity index (χ0v) is 8.18. The molecule has 0 atom stereocenters. The van der Waals surface area contributed by atoms with Crippen molar-refractivity contribution >= 4 is 23.1 Å². The molecule has 62 valence electrons. The molecule has 0 saturated carbocycles. The van der Waals surface area contributed by atoms with Gasteiger partial charge in [-0.3, -0.25) is 4.98 Å². The summed E-state index contributed by atoms with van der Waals surface area (Å²) in [6.45, 7) is -2.81. The SMILES string of the molecule is FC(F)Oc1cc[c-]cn1.[Cl-].[Mg+2]. The molecule has 0 aliphatic heterocycles. The van der Waals surface area contributed by atoms with E-state index in [0.29, 0.717) is 0 Å². The number of aromatic nitrogens is 1. The average Bonchev–Trinajstić information content (AvgIpc) is 1.88. The molecule has 0 bridgehead atoms. The maximum absolute atomic E-state index is 11.4. The third-order valence-electron chi connectivity index (χ3n) is 0.798. The van der Waals surface area contributed by atoms with Gasteiger partial charge in [-0.15, -0.1) is 6.07 Å². The molecule has 0 aliphatic rings. The summed E-state index contributed by atoms with van der Waals surface area (Å²) in [6, 6.07) is 5.33. The van der Waals surface area contributed by atoms with E-state index in [-0.39, 0.29) is 41.3 Å². The standard InChI is InChI=1S/C6H4F2NO.ClH.Mg/c7-6(8)10-5-3-1-2-4-9-5;;/h1,3-4,6H;1H;/q-1;;+2/p-1. The fraction of sp³-hybridized carbons (Fsp3) is 0.167. The molecule has 1 aromatic heterocycles. The van der Waals surface area contributed by atoms with Gasteiger partial charge in [-0.05, 0) is 0 Å². The van der Waals surface area contributed by atoms with Crippen LogP contribution in [0.15, 0.2) is 18.3 Å². The van der Waals surface area contributed by atoms with Gasteiger partial charge in [0.1, 0.15) is 5.88 Å². The van der Waals surface area contributed by atoms with Gasteiger partial charge in [0.15, 0.2) is 0 Å². The fourth-order valence-corrected chi connectivity index (χ4v) is 0.467. The van der Waals surface area contributed by atoms with Crippen LogP contribution < -0.4 is 17.1 Å². The summed E-state index contributed by atoms with van der Waals surface area (Å²) < 4.78 is 26.8. The summed E-state index contributed by atoms with van der Waals surface area (Å²) in [7, 11) is 0. The van der Waals surface area contributed by atoms with Crippen molar-refractivity contribution in [2.24, 2.45) is 0 Å². The Morgan fingerprint density at radius 1 is 1.50 bits per heavy atom. The molecular weight excluding hydrogens is 200 g/mol. The van der Waals surface area contributed by atoms with Crippen LogP contribution in [0.25, 0.3) is 0 Å². The monoisotopic (exact) mass is 203 g/mol. The minimum atomic E-state index is -2.81. The largest absolute Gasteiger partial charge is 2.00 e. The number of halogens is 3. The summed E-state index contributed by atoms with van der Waals surface area (Å²) in [5.41, 5.74) is 0. The first-order valence-corrected chi connectivity index (χ1v) is 2.56. The van der Waals surface area contributed by atoms with Gasteiger partial charge >= 0.3 is 29.7 Å². The number of hydrogen-bond acceptors (Lipinski definition) is 2. The van der Waals surface area contributed by atoms with E-state index < -0.39 is 6.61 Å². The molecule has 0 fully saturated rings. The summed E-state index contributed by atoms with van der Waals surface area (Å²) in [5, 5.41) is 0. The van der Waals surface area contributed by atoms with Gasteiger partial charge in [0, 0.05) is 0 Å². The molecule has 0 aliphatic carbocycles. The Bertz CT molecular complexity index is 200. The first-order chi connectivity index (χ1) is 4.79. The summed E-state index contributed by atoms with van der Waals surface area (Å²) in [4.78, 5) is 3.46. The zero-order valence-electron chi connectivity index (χ0n) is 6.01. The van der Waals surface area contributed by atoms with E-state index in [0.717, 1.165) is 0 Å². The minimum absolute atomic E-state index is 0. The van der Waals surface area contributed by atoms with Crippen molar-refractivity contribution in [3.05, 3.63) is 24.4 Å². The second kappa shape index (κ2) is 7.51. The average molecular weight is 204 g/mol. The summed E-state index contributed by atoms with van der Waals surface area (Å²) >= 11 is 0. The third kappa shape index (κ3) is 5.51. The maximum Gasteiger partial charge on any atom is 2.00 e. The van der Waals surface area contributed by atoms with Crippen LogP contribution >= 0.6 is 0 Å². The molecule has 0 unspecified atom stereocenters. The van der Waals surface area contributed by atoms with E-state index >= 15 is 0 Å². The van der Waals surface area contributed by atoms with Crippen LogP contribution in [-0.4, -0.2) is 34.6 Å². The zero-order chi connectivity index (χ0) is 7.40. The number of ether oxygens (including phenoxy) is 1. The number of nitrogens with zero attached hydrogens (tertiary/aromatic N) is 1. The van der Waals surface area contributed by atoms with Crippen molar-refractivity contribution in [3.63, 3.8) is 0 Å². The van der Waals surface area contributed by atoms with Crippen LogP contribution in [0, 0.1) is 6.07 Å². The number of pyridine rings is 1. The van der Waals surface area contributed by atoms with Gasteiger partial charge in [-0.25, -0.2) is 12.1 Å². The molecule has 1 aromatic rings. The van der Waals surface area contributed by atoms with Crippen molar-refractivity contribution < 1.29 is 25.9 Å². The normalized spacial score (nSPS) is 8.25. The van der Waals surface area contributed by atoms with Crippen LogP contribution in [0.2, 0.25) is 0 Å². The van der Waals surface area contributed by atoms with E-state index in [1.807, 2.05) is 0 Å². The molecule has 12 heavy (non-hydrogen) atoms. The Hall–Kier alpha value is -0.134. The van der Waals surface area contributed by atoms with E-state index in [2.05, 4.69) is 15.8 Å². The van der Waals surface area contributed by atoms with Crippen LogP contribution in [-0.2, 0) is 0 Å². The third-order valence-corrected chi connectivity index (χ3v) is 0.798. The van der Waals surface area contributed by atoms with Crippen LogP contribution in [0.1, 0.15) is 0 Å². The van der Waals surface area contributed by atoms with E-state index in [1.165, 1.54) is 18.3 Å². The van der Waals surface area contributed by atoms with Crippen LogP contribution in [0.4, 0.5) is 8.78 Å². The quantitative estimate of drug-likeness (QED) is 0.414. The van der Waals surface area contributed by atoms with Gasteiger partial charge in [0.05, 0.1) is 0 Å². The smallest absolute Gasteiger partial charge is 1.00 e. The van der Waals surface area contributed by atoms with Gasteiger partial charge in [0.25, 0.3) is 0 Å². The van der Waals surface area contributed by atoms with Crippen molar-refractivity contribution in [2.45, 2.75) is 6.61 Å². The topological polar surface area (TPSA) is 22.1 Å². The Labute approximate surface area is 90.9 Å². The van der Waals surface area contributed by atoms with Gasteiger partial charge < -0.3 is 17.1 Å². The molecule has 0 radical (unpaired) electrons. The molecule has 6 heteroatoms. The van der Waals surface area contributed by atoms with E-state index in [1.54, 1.807) is 0 Å². The second-order valence-corrected chi connectivity index (χ2v) is 1.47. The van der Waals surface area contributed by atoms with Gasteiger partial charge in [0.2, 0.25) is 0 Å². The Morgan fingerprint density at radius 3 is 2.58 bits per heavy atom. The molecule has 0 saturated heterocycles. The molecule has 0 amide bonds. The fourth-order valence-electron chi connectivity index (χ4n) is 0.467. The predicted octanol–water partition coefficient (Wildman–Crippen LogP) is -1.89. The van der Waals surface area contributed by atoms with Gasteiger partial charge in [-0.2, -0.15) is 8.78 Å². The molecular formula is C6H4ClF2MgNO. The summed E-state index contributed by atoms with van der Waals surface area (Å²) in [5.74, 6) is -0.0891. The van der Waals surface area contributed by atoms with Crippen LogP contribution in [0.5, 0.6) is 5.88 Å². The van der Waals surface area contributed by atoms with Crippen LogP contribution in [0.3, 0.4) is 0 Å². The Kier molecular flexibility index (Phi) is 9.01. The number of alkyl halides is 2. The molecule has 0 N–H and O–H groups in total. The first-order valence-electron chi connectivity index (χ1n) is 2.56. The Morgan fingerprint density at radius 2 is 2.17 bits per heavy atom. The van der Waals surface area contributed by atoms with E-state index in [4.69, 9.17) is 0 Å². The van der Waals surface area contributed by atoms with Crippen molar-refractivity contribution in [1.29, 1.82) is 0 Å². The number of rotatable bonds is 2. The summed E-state index contributed by atoms with van der Waals surface area (Å²) in [6.07, 6.45) is 1.26. The molecule has 0 aromatic carbocycles.